The lowest BCUT2D eigenvalue weighted by Crippen LogP contribution is -2.55. The molecule has 1 unspecified atom stereocenters. The Balaban J connectivity index is 1.73. The number of fused-ring (bicyclic) bond motifs is 1. The maximum atomic E-state index is 14.3. The number of anilines is 1. The fourth-order valence-electron chi connectivity index (χ4n) is 5.58. The van der Waals surface area contributed by atoms with Crippen LogP contribution >= 0.6 is 15.9 Å². The highest BCUT2D eigenvalue weighted by atomic mass is 79.9. The molecular formula is C33H30BrF4N5O3. The summed E-state index contributed by atoms with van der Waals surface area (Å²) in [6.07, 6.45) is -4.68. The lowest BCUT2D eigenvalue weighted by atomic mass is 9.80. The smallest absolute Gasteiger partial charge is 0.347 e. The van der Waals surface area contributed by atoms with Crippen LogP contribution in [0.15, 0.2) is 78.9 Å². The van der Waals surface area contributed by atoms with Crippen LogP contribution in [-0.2, 0) is 15.8 Å². The van der Waals surface area contributed by atoms with E-state index in [0.29, 0.717) is 28.3 Å². The Morgan fingerprint density at radius 3 is 2.28 bits per heavy atom. The van der Waals surface area contributed by atoms with Gasteiger partial charge in [-0.15, -0.1) is 0 Å². The number of carbonyl (C=O) groups excluding carboxylic acids is 3. The van der Waals surface area contributed by atoms with Crippen molar-refractivity contribution >= 4 is 39.5 Å². The second kappa shape index (κ2) is 13.1. The summed E-state index contributed by atoms with van der Waals surface area (Å²) in [6, 6.07) is 16.3. The van der Waals surface area contributed by atoms with Crippen LogP contribution in [0.1, 0.15) is 65.5 Å². The lowest BCUT2D eigenvalue weighted by molar-refractivity contribution is -0.137. The number of hydrogen-bond acceptors (Lipinski definition) is 4. The lowest BCUT2D eigenvalue weighted by Gasteiger charge is -2.39. The molecule has 0 fully saturated rings. The Morgan fingerprint density at radius 1 is 1.00 bits per heavy atom. The number of likely N-dealkylation sites (N-methyl/N-ethyl adjacent to an activating group) is 1. The van der Waals surface area contributed by atoms with Gasteiger partial charge in [0, 0.05) is 23.6 Å². The third-order valence-corrected chi connectivity index (χ3v) is 8.19. The molecule has 4 aromatic rings. The Bertz CT molecular complexity index is 1760. The number of amides is 3. The van der Waals surface area contributed by atoms with Crippen molar-refractivity contribution in [2.45, 2.75) is 49.8 Å². The number of benzene rings is 3. The molecule has 8 nitrogen and oxygen atoms in total. The summed E-state index contributed by atoms with van der Waals surface area (Å²) in [5.74, 6) is -2.86. The second-order valence-corrected chi connectivity index (χ2v) is 12.2. The van der Waals surface area contributed by atoms with Gasteiger partial charge in [0.2, 0.25) is 5.91 Å². The number of carbonyl (C=O) groups is 3. The van der Waals surface area contributed by atoms with Gasteiger partial charge in [-0.05, 0) is 68.8 Å². The van der Waals surface area contributed by atoms with Crippen LogP contribution in [0.4, 0.5) is 23.4 Å². The average molecular weight is 701 g/mol. The maximum absolute atomic E-state index is 14.3. The molecule has 0 saturated heterocycles. The van der Waals surface area contributed by atoms with Gasteiger partial charge in [-0.1, -0.05) is 52.3 Å². The summed E-state index contributed by atoms with van der Waals surface area (Å²) in [6.45, 7) is 5.29. The molecule has 46 heavy (non-hydrogen) atoms. The van der Waals surface area contributed by atoms with E-state index in [1.165, 1.54) is 35.2 Å². The van der Waals surface area contributed by atoms with Crippen LogP contribution in [-0.4, -0.2) is 44.9 Å². The van der Waals surface area contributed by atoms with Gasteiger partial charge in [-0.3, -0.25) is 19.3 Å². The number of hydrogen-bond donors (Lipinski definition) is 2. The molecule has 0 spiro atoms. The normalized spacial score (nSPS) is 17.7. The molecule has 0 radical (unpaired) electrons. The first-order chi connectivity index (χ1) is 21.8. The molecule has 5 rings (SSSR count). The van der Waals surface area contributed by atoms with Crippen LogP contribution in [0.2, 0.25) is 0 Å². The molecular weight excluding hydrogens is 670 g/mol. The van der Waals surface area contributed by atoms with Crippen molar-refractivity contribution in [3.05, 3.63) is 113 Å². The molecule has 2 N–H and O–H groups in total. The summed E-state index contributed by atoms with van der Waals surface area (Å²) < 4.78 is 56.1. The molecule has 13 heteroatoms. The van der Waals surface area contributed by atoms with Gasteiger partial charge in [0.15, 0.2) is 0 Å². The highest BCUT2D eigenvalue weighted by molar-refractivity contribution is 9.10. The van der Waals surface area contributed by atoms with Crippen molar-refractivity contribution in [3.8, 4) is 5.69 Å². The molecule has 3 aromatic carbocycles. The van der Waals surface area contributed by atoms with Crippen LogP contribution < -0.4 is 15.5 Å². The van der Waals surface area contributed by atoms with Crippen molar-refractivity contribution < 1.29 is 31.9 Å². The largest absolute Gasteiger partial charge is 0.416 e. The first kappa shape index (κ1) is 32.9. The van der Waals surface area contributed by atoms with E-state index < -0.39 is 52.2 Å². The van der Waals surface area contributed by atoms with Crippen LogP contribution in [0, 0.1) is 5.82 Å². The highest BCUT2D eigenvalue weighted by Gasteiger charge is 2.47. The van der Waals surface area contributed by atoms with E-state index in [0.717, 1.165) is 18.2 Å². The number of rotatable bonds is 8. The summed E-state index contributed by atoms with van der Waals surface area (Å²) in [7, 11) is 0. The van der Waals surface area contributed by atoms with E-state index in [9.17, 15) is 31.9 Å². The molecule has 0 saturated carbocycles. The highest BCUT2D eigenvalue weighted by Crippen LogP contribution is 2.45. The minimum atomic E-state index is -4.68. The number of alkyl halides is 4. The zero-order chi connectivity index (χ0) is 33.3. The quantitative estimate of drug-likeness (QED) is 0.167. The minimum absolute atomic E-state index is 0.148. The number of halogens is 5. The fourth-order valence-corrected chi connectivity index (χ4v) is 5.72. The van der Waals surface area contributed by atoms with E-state index >= 15 is 0 Å². The van der Waals surface area contributed by atoms with Gasteiger partial charge < -0.3 is 10.6 Å². The van der Waals surface area contributed by atoms with Gasteiger partial charge in [-0.2, -0.15) is 18.3 Å². The molecule has 4 atom stereocenters. The Labute approximate surface area is 270 Å². The van der Waals surface area contributed by atoms with Crippen molar-refractivity contribution in [1.82, 2.24) is 20.4 Å². The molecule has 2 heterocycles. The van der Waals surface area contributed by atoms with Crippen molar-refractivity contribution in [2.24, 2.45) is 0 Å². The summed E-state index contributed by atoms with van der Waals surface area (Å²) in [5, 5.41) is 10.5. The third-order valence-electron chi connectivity index (χ3n) is 7.77. The van der Waals surface area contributed by atoms with Gasteiger partial charge in [0.1, 0.15) is 17.7 Å². The van der Waals surface area contributed by atoms with E-state index in [-0.39, 0.29) is 18.0 Å². The first-order valence-electron chi connectivity index (χ1n) is 14.5. The van der Waals surface area contributed by atoms with Gasteiger partial charge >= 0.3 is 6.18 Å². The van der Waals surface area contributed by atoms with E-state index in [1.54, 1.807) is 49.7 Å². The van der Waals surface area contributed by atoms with Crippen molar-refractivity contribution in [3.63, 3.8) is 0 Å². The standard InChI is InChI=1S/C33H30BrF4N5O3/c1-4-42-31-26(27(19(3)39-29(44)18(2)34)41-43(31)24-11-6-5-7-12-24)25(20-13-15-23(35)16-14-20)28(32(42)46)40-30(45)21-9-8-10-22(17-21)33(36,37)38/h5-19,25,28H,4H2,1-3H3,(H,39,44)(H,40,45)/t18?,19-,25+,28+/m1/s1. The predicted octanol–water partition coefficient (Wildman–Crippen LogP) is 6.29. The summed E-state index contributed by atoms with van der Waals surface area (Å²) in [4.78, 5) is 41.6. The first-order valence-corrected chi connectivity index (χ1v) is 15.4. The maximum Gasteiger partial charge on any atom is 0.416 e. The van der Waals surface area contributed by atoms with Crippen molar-refractivity contribution in [2.75, 3.05) is 11.4 Å². The molecule has 0 aliphatic carbocycles. The second-order valence-electron chi connectivity index (χ2n) is 10.9. The average Bonchev–Trinajstić information content (AvgIpc) is 3.42. The molecule has 1 aliphatic rings. The number of para-hydroxylation sites is 1. The predicted molar refractivity (Wildman–Crippen MR) is 167 cm³/mol. The fraction of sp³-hybridized carbons (Fsp3) is 0.273. The van der Waals surface area contributed by atoms with Crippen LogP contribution in [0.3, 0.4) is 0 Å². The van der Waals surface area contributed by atoms with Gasteiger partial charge in [-0.25, -0.2) is 9.07 Å². The van der Waals surface area contributed by atoms with E-state index in [4.69, 9.17) is 5.10 Å². The molecule has 1 aromatic heterocycles. The van der Waals surface area contributed by atoms with E-state index in [2.05, 4.69) is 26.6 Å². The Morgan fingerprint density at radius 2 is 1.67 bits per heavy atom. The number of nitrogens with zero attached hydrogens (tertiary/aromatic N) is 3. The molecule has 1 aliphatic heterocycles. The van der Waals surface area contributed by atoms with E-state index in [1.807, 2.05) is 6.07 Å². The summed E-state index contributed by atoms with van der Waals surface area (Å²) >= 11 is 3.27. The zero-order valence-corrected chi connectivity index (χ0v) is 26.6. The van der Waals surface area contributed by atoms with Crippen LogP contribution in [0.25, 0.3) is 5.69 Å². The topological polar surface area (TPSA) is 96.3 Å². The monoisotopic (exact) mass is 699 g/mol. The number of nitrogens with one attached hydrogen (secondary N) is 2. The zero-order valence-electron chi connectivity index (χ0n) is 25.0. The molecule has 3 amide bonds. The minimum Gasteiger partial charge on any atom is -0.347 e. The van der Waals surface area contributed by atoms with Gasteiger partial charge in [0.25, 0.3) is 11.8 Å². The Kier molecular flexibility index (Phi) is 9.34. The molecule has 240 valence electrons. The Hall–Kier alpha value is -4.52. The number of aromatic nitrogens is 2. The van der Waals surface area contributed by atoms with Crippen LogP contribution in [0.5, 0.6) is 0 Å². The van der Waals surface area contributed by atoms with Crippen molar-refractivity contribution in [1.29, 1.82) is 0 Å². The van der Waals surface area contributed by atoms with Gasteiger partial charge in [0.05, 0.1) is 27.8 Å². The molecule has 0 bridgehead atoms. The summed E-state index contributed by atoms with van der Waals surface area (Å²) in [5.41, 5.74) is 0.636. The SMILES string of the molecule is CCN1C(=O)[C@@H](NC(=O)c2cccc(C(F)(F)F)c2)[C@@H](c2ccc(F)cc2)c2c([C@@H](C)NC(=O)C(C)Br)nn(-c3ccccc3)c21. The third kappa shape index (κ3) is 6.41.